The van der Waals surface area contributed by atoms with Gasteiger partial charge in [-0.05, 0) is 29.7 Å². The first-order valence-corrected chi connectivity index (χ1v) is 7.37. The van der Waals surface area contributed by atoms with Crippen molar-refractivity contribution in [1.82, 2.24) is 0 Å². The van der Waals surface area contributed by atoms with E-state index in [0.29, 0.717) is 5.69 Å². The van der Waals surface area contributed by atoms with E-state index in [-0.39, 0.29) is 11.3 Å². The normalized spacial score (nSPS) is 10.3. The van der Waals surface area contributed by atoms with E-state index in [1.165, 1.54) is 24.3 Å². The number of rotatable bonds is 4. The highest BCUT2D eigenvalue weighted by Crippen LogP contribution is 2.22. The lowest BCUT2D eigenvalue weighted by Gasteiger charge is -2.09. The maximum atomic E-state index is 12.0. The van der Waals surface area contributed by atoms with Crippen molar-refractivity contribution in [2.24, 2.45) is 0 Å². The molecule has 0 saturated carbocycles. The number of carbonyl (C=O) groups is 2. The summed E-state index contributed by atoms with van der Waals surface area (Å²) in [7, 11) is 0. The van der Waals surface area contributed by atoms with Gasteiger partial charge in [0.25, 0.3) is 5.91 Å². The minimum Gasteiger partial charge on any atom is -0.508 e. The molecule has 0 heterocycles. The first-order valence-electron chi connectivity index (χ1n) is 7.37. The van der Waals surface area contributed by atoms with Gasteiger partial charge in [-0.1, -0.05) is 42.5 Å². The summed E-state index contributed by atoms with van der Waals surface area (Å²) in [6, 6.07) is 19.0. The molecule has 0 aliphatic heterocycles. The van der Waals surface area contributed by atoms with E-state index in [0.717, 1.165) is 10.8 Å². The number of benzene rings is 3. The lowest BCUT2D eigenvalue weighted by molar-refractivity contribution is -0.119. The summed E-state index contributed by atoms with van der Waals surface area (Å²) in [5, 5.41) is 14.0. The molecule has 5 heteroatoms. The molecule has 0 fully saturated rings. The van der Waals surface area contributed by atoms with Gasteiger partial charge in [0.15, 0.2) is 6.61 Å². The molecular weight excluding hydrogens is 306 g/mol. The van der Waals surface area contributed by atoms with Crippen LogP contribution in [-0.4, -0.2) is 23.6 Å². The van der Waals surface area contributed by atoms with Gasteiger partial charge in [-0.25, -0.2) is 4.79 Å². The zero-order chi connectivity index (χ0) is 16.9. The van der Waals surface area contributed by atoms with Crippen LogP contribution < -0.4 is 5.32 Å². The number of nitrogens with one attached hydrogen (secondary N) is 1. The fraction of sp³-hybridized carbons (Fsp3) is 0.0526. The van der Waals surface area contributed by atoms with E-state index in [9.17, 15) is 14.7 Å². The molecule has 0 atom stereocenters. The average molecular weight is 321 g/mol. The predicted molar refractivity (Wildman–Crippen MR) is 91.0 cm³/mol. The number of hydrogen-bond acceptors (Lipinski definition) is 4. The van der Waals surface area contributed by atoms with Crippen LogP contribution in [0.5, 0.6) is 5.75 Å². The third-order valence-electron chi connectivity index (χ3n) is 3.48. The highest BCUT2D eigenvalue weighted by atomic mass is 16.5. The van der Waals surface area contributed by atoms with Crippen LogP contribution in [0.15, 0.2) is 66.7 Å². The molecule has 1 amide bonds. The Kier molecular flexibility index (Phi) is 4.43. The summed E-state index contributed by atoms with van der Waals surface area (Å²) >= 11 is 0. The van der Waals surface area contributed by atoms with Crippen molar-refractivity contribution < 1.29 is 19.4 Å². The number of carbonyl (C=O) groups excluding carboxylic acids is 2. The zero-order valence-corrected chi connectivity index (χ0v) is 12.7. The third kappa shape index (κ3) is 3.52. The van der Waals surface area contributed by atoms with Gasteiger partial charge >= 0.3 is 5.97 Å². The van der Waals surface area contributed by atoms with Crippen LogP contribution in [0.4, 0.5) is 5.69 Å². The fourth-order valence-corrected chi connectivity index (χ4v) is 2.37. The van der Waals surface area contributed by atoms with Crippen LogP contribution in [0.3, 0.4) is 0 Å². The van der Waals surface area contributed by atoms with E-state index in [1.54, 1.807) is 6.07 Å². The number of ether oxygens (including phenoxy) is 1. The largest absolute Gasteiger partial charge is 0.508 e. The van der Waals surface area contributed by atoms with Crippen LogP contribution in [0.25, 0.3) is 10.8 Å². The molecule has 0 bridgehead atoms. The first kappa shape index (κ1) is 15.6. The third-order valence-corrected chi connectivity index (χ3v) is 3.48. The Morgan fingerprint density at radius 2 is 1.71 bits per heavy atom. The average Bonchev–Trinajstić information content (AvgIpc) is 2.60. The highest BCUT2D eigenvalue weighted by molar-refractivity contribution is 6.03. The van der Waals surface area contributed by atoms with Crippen molar-refractivity contribution in [3.63, 3.8) is 0 Å². The van der Waals surface area contributed by atoms with Crippen LogP contribution in [-0.2, 0) is 9.53 Å². The monoisotopic (exact) mass is 321 g/mol. The Labute approximate surface area is 138 Å². The quantitative estimate of drug-likeness (QED) is 0.723. The highest BCUT2D eigenvalue weighted by Gasteiger charge is 2.11. The van der Waals surface area contributed by atoms with Gasteiger partial charge in [-0.2, -0.15) is 0 Å². The SMILES string of the molecule is O=C(COC(=O)c1cccc(O)c1)Nc1cccc2ccccc12. The molecule has 0 radical (unpaired) electrons. The van der Waals surface area contributed by atoms with Crippen LogP contribution >= 0.6 is 0 Å². The molecule has 120 valence electrons. The van der Waals surface area contributed by atoms with Crippen LogP contribution in [0.1, 0.15) is 10.4 Å². The molecule has 3 aromatic rings. The number of phenolic OH excluding ortho intramolecular Hbond substituents is 1. The molecule has 3 rings (SSSR count). The summed E-state index contributed by atoms with van der Waals surface area (Å²) in [5.41, 5.74) is 0.847. The molecule has 0 aliphatic rings. The topological polar surface area (TPSA) is 75.6 Å². The van der Waals surface area contributed by atoms with E-state index in [2.05, 4.69) is 5.32 Å². The van der Waals surface area contributed by atoms with Crippen molar-refractivity contribution in [3.8, 4) is 5.75 Å². The number of hydrogen-bond donors (Lipinski definition) is 2. The first-order chi connectivity index (χ1) is 11.6. The van der Waals surface area contributed by atoms with E-state index >= 15 is 0 Å². The number of phenols is 1. The maximum Gasteiger partial charge on any atom is 0.338 e. The Morgan fingerprint density at radius 1 is 0.958 bits per heavy atom. The van der Waals surface area contributed by atoms with Gasteiger partial charge < -0.3 is 15.2 Å². The number of fused-ring (bicyclic) bond motifs is 1. The minimum absolute atomic E-state index is 0.0374. The number of esters is 1. The van der Waals surface area contributed by atoms with Crippen molar-refractivity contribution in [2.75, 3.05) is 11.9 Å². The smallest absolute Gasteiger partial charge is 0.338 e. The molecule has 5 nitrogen and oxygen atoms in total. The van der Waals surface area contributed by atoms with Gasteiger partial charge in [0.2, 0.25) is 0 Å². The van der Waals surface area contributed by atoms with Crippen LogP contribution in [0, 0.1) is 0 Å². The summed E-state index contributed by atoms with van der Waals surface area (Å²) in [4.78, 5) is 23.9. The molecule has 2 N–H and O–H groups in total. The molecular formula is C19H15NO4. The summed E-state index contributed by atoms with van der Waals surface area (Å²) in [5.74, 6) is -1.14. The van der Waals surface area contributed by atoms with Crippen molar-refractivity contribution in [1.29, 1.82) is 0 Å². The van der Waals surface area contributed by atoms with Crippen molar-refractivity contribution in [3.05, 3.63) is 72.3 Å². The van der Waals surface area contributed by atoms with Gasteiger partial charge in [0, 0.05) is 11.1 Å². The van der Waals surface area contributed by atoms with Crippen molar-refractivity contribution >= 4 is 28.3 Å². The standard InChI is InChI=1S/C19H15NO4/c21-15-8-3-7-14(11-15)19(23)24-12-18(22)20-17-10-4-6-13-5-1-2-9-16(13)17/h1-11,21H,12H2,(H,20,22). The van der Waals surface area contributed by atoms with Gasteiger partial charge in [-0.15, -0.1) is 0 Å². The Morgan fingerprint density at radius 3 is 2.54 bits per heavy atom. The number of aromatic hydroxyl groups is 1. The second-order valence-electron chi connectivity index (χ2n) is 5.20. The Bertz CT molecular complexity index is 899. The number of amides is 1. The summed E-state index contributed by atoms with van der Waals surface area (Å²) < 4.78 is 4.97. The summed E-state index contributed by atoms with van der Waals surface area (Å²) in [6.45, 7) is -0.405. The second kappa shape index (κ2) is 6.83. The van der Waals surface area contributed by atoms with Gasteiger partial charge in [0.05, 0.1) is 5.56 Å². The number of anilines is 1. The zero-order valence-electron chi connectivity index (χ0n) is 12.7. The van der Waals surface area contributed by atoms with Crippen molar-refractivity contribution in [2.45, 2.75) is 0 Å². The Balaban J connectivity index is 1.64. The van der Waals surface area contributed by atoms with E-state index in [1.807, 2.05) is 36.4 Å². The molecule has 3 aromatic carbocycles. The van der Waals surface area contributed by atoms with Gasteiger partial charge in [0.1, 0.15) is 5.75 Å². The van der Waals surface area contributed by atoms with E-state index < -0.39 is 18.5 Å². The maximum absolute atomic E-state index is 12.0. The fourth-order valence-electron chi connectivity index (χ4n) is 2.37. The Hall–Kier alpha value is -3.34. The molecule has 0 saturated heterocycles. The molecule has 0 unspecified atom stereocenters. The lowest BCUT2D eigenvalue weighted by Crippen LogP contribution is -2.21. The predicted octanol–water partition coefficient (Wildman–Crippen LogP) is 3.34. The van der Waals surface area contributed by atoms with E-state index in [4.69, 9.17) is 4.74 Å². The molecule has 0 aromatic heterocycles. The van der Waals surface area contributed by atoms with Gasteiger partial charge in [-0.3, -0.25) is 4.79 Å². The minimum atomic E-state index is -0.668. The molecule has 0 spiro atoms. The lowest BCUT2D eigenvalue weighted by atomic mass is 10.1. The summed E-state index contributed by atoms with van der Waals surface area (Å²) in [6.07, 6.45) is 0. The van der Waals surface area contributed by atoms with Crippen LogP contribution in [0.2, 0.25) is 0 Å². The molecule has 24 heavy (non-hydrogen) atoms. The molecule has 0 aliphatic carbocycles. The second-order valence-corrected chi connectivity index (χ2v) is 5.20.